The third-order valence-electron chi connectivity index (χ3n) is 7.16. The van der Waals surface area contributed by atoms with E-state index < -0.39 is 11.5 Å². The van der Waals surface area contributed by atoms with Gasteiger partial charge in [-0.1, -0.05) is 49.8 Å². The Morgan fingerprint density at radius 3 is 2.46 bits per heavy atom. The van der Waals surface area contributed by atoms with E-state index in [-0.39, 0.29) is 42.4 Å². The number of rotatable bonds is 5. The molecule has 8 nitrogen and oxygen atoms in total. The Balaban J connectivity index is 1.74. The van der Waals surface area contributed by atoms with Gasteiger partial charge in [0.05, 0.1) is 13.2 Å². The molecule has 1 aromatic carbocycles. The molecule has 2 aromatic rings. The van der Waals surface area contributed by atoms with Crippen LogP contribution in [0.15, 0.2) is 24.3 Å². The van der Waals surface area contributed by atoms with Gasteiger partial charge < -0.3 is 10.1 Å². The third-order valence-corrected chi connectivity index (χ3v) is 7.16. The number of ether oxygens (including phenoxy) is 1. The molecule has 2 amide bonds. The van der Waals surface area contributed by atoms with Gasteiger partial charge in [-0.3, -0.25) is 19.2 Å². The van der Waals surface area contributed by atoms with Crippen molar-refractivity contribution < 1.29 is 19.1 Å². The van der Waals surface area contributed by atoms with Crippen LogP contribution in [-0.4, -0.2) is 45.8 Å². The van der Waals surface area contributed by atoms with Crippen LogP contribution in [-0.2, 0) is 16.1 Å². The second-order valence-corrected chi connectivity index (χ2v) is 10.0. The van der Waals surface area contributed by atoms with E-state index in [2.05, 4.69) is 10.4 Å². The fourth-order valence-electron chi connectivity index (χ4n) is 5.26. The van der Waals surface area contributed by atoms with E-state index in [0.29, 0.717) is 5.69 Å². The minimum atomic E-state index is -1.22. The molecule has 2 aliphatic rings. The first kappa shape index (κ1) is 24.9. The Labute approximate surface area is 207 Å². The van der Waals surface area contributed by atoms with Crippen molar-refractivity contribution in [1.29, 1.82) is 0 Å². The number of hydrogen-bond acceptors (Lipinski definition) is 5. The number of nitrogens with one attached hydrogen (secondary N) is 1. The maximum absolute atomic E-state index is 13.9. The lowest BCUT2D eigenvalue weighted by Crippen LogP contribution is -2.65. The summed E-state index contributed by atoms with van der Waals surface area (Å²) in [5.74, 6) is -1.14. The number of aromatic nitrogens is 2. The minimum absolute atomic E-state index is 0.0699. The van der Waals surface area contributed by atoms with E-state index in [1.54, 1.807) is 18.7 Å². The number of benzene rings is 1. The zero-order chi connectivity index (χ0) is 25.2. The summed E-state index contributed by atoms with van der Waals surface area (Å²) in [6.45, 7) is 7.80. The van der Waals surface area contributed by atoms with Crippen LogP contribution in [0.1, 0.15) is 90.9 Å². The highest BCUT2D eigenvalue weighted by atomic mass is 16.5. The van der Waals surface area contributed by atoms with E-state index in [1.807, 2.05) is 32.0 Å². The van der Waals surface area contributed by atoms with Crippen LogP contribution in [0.4, 0.5) is 5.69 Å². The van der Waals surface area contributed by atoms with Crippen molar-refractivity contribution >= 4 is 23.5 Å². The van der Waals surface area contributed by atoms with Gasteiger partial charge in [0.2, 0.25) is 5.91 Å². The molecule has 1 aromatic heterocycles. The molecule has 188 valence electrons. The number of hydrogen-bond donors (Lipinski definition) is 1. The zero-order valence-electron chi connectivity index (χ0n) is 21.2. The van der Waals surface area contributed by atoms with Crippen molar-refractivity contribution in [2.75, 3.05) is 11.5 Å². The van der Waals surface area contributed by atoms with E-state index in [4.69, 9.17) is 4.74 Å². The molecule has 1 aliphatic heterocycles. The quantitative estimate of drug-likeness (QED) is 0.643. The molecule has 1 fully saturated rings. The van der Waals surface area contributed by atoms with Crippen molar-refractivity contribution in [3.63, 3.8) is 0 Å². The highest BCUT2D eigenvalue weighted by Crippen LogP contribution is 2.35. The summed E-state index contributed by atoms with van der Waals surface area (Å²) in [7, 11) is 0. The predicted molar refractivity (Wildman–Crippen MR) is 134 cm³/mol. The first-order chi connectivity index (χ1) is 16.7. The second kappa shape index (κ2) is 10.2. The van der Waals surface area contributed by atoms with Crippen LogP contribution in [0.2, 0.25) is 0 Å². The number of esters is 1. The van der Waals surface area contributed by atoms with Crippen LogP contribution in [0.5, 0.6) is 0 Å². The molecular weight excluding hydrogens is 444 g/mol. The fraction of sp³-hybridized carbons (Fsp3) is 0.556. The van der Waals surface area contributed by atoms with Crippen LogP contribution >= 0.6 is 0 Å². The van der Waals surface area contributed by atoms with Crippen molar-refractivity contribution in [3.8, 4) is 0 Å². The Morgan fingerprint density at radius 1 is 1.11 bits per heavy atom. The highest BCUT2D eigenvalue weighted by Gasteiger charge is 2.49. The topological polar surface area (TPSA) is 93.5 Å². The van der Waals surface area contributed by atoms with Gasteiger partial charge in [0, 0.05) is 17.8 Å². The van der Waals surface area contributed by atoms with Gasteiger partial charge in [-0.15, -0.1) is 0 Å². The number of aryl methyl sites for hydroxylation is 2. The maximum atomic E-state index is 13.9. The van der Waals surface area contributed by atoms with Crippen molar-refractivity contribution in [2.24, 2.45) is 0 Å². The second-order valence-electron chi connectivity index (χ2n) is 10.0. The minimum Gasteiger partial charge on any atom is -0.461 e. The van der Waals surface area contributed by atoms with Gasteiger partial charge in [0.25, 0.3) is 5.91 Å². The molecule has 1 atom stereocenters. The lowest BCUT2D eigenvalue weighted by Gasteiger charge is -2.44. The number of nitrogens with zero attached hydrogens (tertiary/aromatic N) is 3. The molecule has 8 heteroatoms. The predicted octanol–water partition coefficient (Wildman–Crippen LogP) is 4.32. The summed E-state index contributed by atoms with van der Waals surface area (Å²) < 4.78 is 6.57. The van der Waals surface area contributed by atoms with E-state index in [0.717, 1.165) is 36.8 Å². The van der Waals surface area contributed by atoms with Gasteiger partial charge in [0.15, 0.2) is 5.69 Å². The SMILES string of the molecule is CCOC(=O)c1cc2n(n1)C[C@@](C)(C(=O)NC1CCCCCCC1)N(c1ccc(C)cc1C)C2=O. The zero-order valence-corrected chi connectivity index (χ0v) is 21.2. The van der Waals surface area contributed by atoms with Crippen molar-refractivity contribution in [1.82, 2.24) is 15.1 Å². The van der Waals surface area contributed by atoms with Gasteiger partial charge in [-0.05, 0) is 52.2 Å². The van der Waals surface area contributed by atoms with Crippen molar-refractivity contribution in [2.45, 2.75) is 90.8 Å². The average molecular weight is 481 g/mol. The molecule has 1 aliphatic carbocycles. The summed E-state index contributed by atoms with van der Waals surface area (Å²) >= 11 is 0. The molecule has 4 rings (SSSR count). The van der Waals surface area contributed by atoms with Gasteiger partial charge in [-0.25, -0.2) is 4.79 Å². The highest BCUT2D eigenvalue weighted by molar-refractivity contribution is 6.12. The standard InChI is InChI=1S/C27H36N4O4/c1-5-35-25(33)21-16-23-24(32)31(22-14-13-18(2)15-19(22)3)27(4,17-30(23)29-21)26(34)28-20-11-9-7-6-8-10-12-20/h13-16,20H,5-12,17H2,1-4H3,(H,28,34)/t27-/m0/s1. The number of anilines is 1. The molecule has 0 unspecified atom stereocenters. The monoisotopic (exact) mass is 480 g/mol. The van der Waals surface area contributed by atoms with E-state index in [9.17, 15) is 14.4 Å². The first-order valence-electron chi connectivity index (χ1n) is 12.7. The maximum Gasteiger partial charge on any atom is 0.358 e. The average Bonchev–Trinajstić information content (AvgIpc) is 3.21. The molecule has 0 radical (unpaired) electrons. The Bertz CT molecular complexity index is 1120. The number of carbonyl (C=O) groups excluding carboxylic acids is 3. The summed E-state index contributed by atoms with van der Waals surface area (Å²) in [6, 6.07) is 7.39. The Kier molecular flexibility index (Phi) is 7.28. The molecule has 2 heterocycles. The molecule has 0 saturated heterocycles. The molecule has 1 N–H and O–H groups in total. The molecule has 1 saturated carbocycles. The number of amides is 2. The smallest absolute Gasteiger partial charge is 0.358 e. The van der Waals surface area contributed by atoms with Crippen LogP contribution in [0, 0.1) is 13.8 Å². The van der Waals surface area contributed by atoms with Crippen LogP contribution in [0.3, 0.4) is 0 Å². The summed E-state index contributed by atoms with van der Waals surface area (Å²) in [5, 5.41) is 7.61. The van der Waals surface area contributed by atoms with E-state index in [1.165, 1.54) is 30.0 Å². The van der Waals surface area contributed by atoms with Crippen LogP contribution < -0.4 is 10.2 Å². The molecule has 0 bridgehead atoms. The molecule has 35 heavy (non-hydrogen) atoms. The van der Waals surface area contributed by atoms with Gasteiger partial charge in [-0.2, -0.15) is 5.10 Å². The summed E-state index contributed by atoms with van der Waals surface area (Å²) in [5.41, 5.74) is 1.78. The summed E-state index contributed by atoms with van der Waals surface area (Å²) in [4.78, 5) is 41.7. The Hall–Kier alpha value is -3.16. The Morgan fingerprint density at radius 2 is 1.80 bits per heavy atom. The van der Waals surface area contributed by atoms with Gasteiger partial charge >= 0.3 is 5.97 Å². The van der Waals surface area contributed by atoms with Crippen molar-refractivity contribution in [3.05, 3.63) is 46.8 Å². The number of fused-ring (bicyclic) bond motifs is 1. The fourth-order valence-corrected chi connectivity index (χ4v) is 5.26. The summed E-state index contributed by atoms with van der Waals surface area (Å²) in [6.07, 6.45) is 7.69. The largest absolute Gasteiger partial charge is 0.461 e. The normalized spacial score (nSPS) is 21.1. The first-order valence-corrected chi connectivity index (χ1v) is 12.7. The van der Waals surface area contributed by atoms with Gasteiger partial charge in [0.1, 0.15) is 11.2 Å². The third kappa shape index (κ3) is 4.97. The lowest BCUT2D eigenvalue weighted by atomic mass is 9.91. The van der Waals surface area contributed by atoms with Crippen LogP contribution in [0.25, 0.3) is 0 Å². The number of carbonyl (C=O) groups is 3. The molecule has 0 spiro atoms. The van der Waals surface area contributed by atoms with E-state index >= 15 is 0 Å². The molecular formula is C27H36N4O4. The lowest BCUT2D eigenvalue weighted by molar-refractivity contribution is -0.127.